The summed E-state index contributed by atoms with van der Waals surface area (Å²) in [6, 6.07) is 0. The number of aliphatic hydroxyl groups excluding tert-OH is 1. The van der Waals surface area contributed by atoms with Crippen LogP contribution in [0.4, 0.5) is 4.79 Å². The second-order valence-corrected chi connectivity index (χ2v) is 6.17. The molecule has 1 unspecified atom stereocenters. The summed E-state index contributed by atoms with van der Waals surface area (Å²) in [5.41, 5.74) is -0.804. The van der Waals surface area contributed by atoms with Crippen molar-refractivity contribution >= 4 is 6.09 Å². The Balaban J connectivity index is 4.27. The number of carbonyl (C=O) groups excluding carboxylic acids is 1. The van der Waals surface area contributed by atoms with Gasteiger partial charge in [-0.3, -0.25) is 0 Å². The molecule has 1 atom stereocenters. The van der Waals surface area contributed by atoms with Crippen LogP contribution in [0.25, 0.3) is 0 Å². The first-order valence-electron chi connectivity index (χ1n) is 7.44. The first kappa shape index (κ1) is 19.2. The highest BCUT2D eigenvalue weighted by molar-refractivity contribution is 5.67. The summed E-state index contributed by atoms with van der Waals surface area (Å²) >= 11 is 0. The second-order valence-electron chi connectivity index (χ2n) is 6.17. The lowest BCUT2D eigenvalue weighted by atomic mass is 9.81. The van der Waals surface area contributed by atoms with Crippen molar-refractivity contribution in [2.24, 2.45) is 5.41 Å². The van der Waals surface area contributed by atoms with Crippen molar-refractivity contribution in [1.82, 2.24) is 5.32 Å². The van der Waals surface area contributed by atoms with E-state index in [2.05, 4.69) is 5.32 Å². The summed E-state index contributed by atoms with van der Waals surface area (Å²) in [6.45, 7) is 11.3. The Hall–Kier alpha value is -0.810. The average Bonchev–Trinajstić information content (AvgIpc) is 2.37. The molecule has 0 rings (SSSR count). The van der Waals surface area contributed by atoms with E-state index in [1.54, 1.807) is 0 Å². The van der Waals surface area contributed by atoms with Gasteiger partial charge >= 0.3 is 6.09 Å². The molecule has 0 aliphatic rings. The molecule has 0 saturated carbocycles. The molecule has 0 aliphatic carbocycles. The Morgan fingerprint density at radius 1 is 1.25 bits per heavy atom. The van der Waals surface area contributed by atoms with Crippen LogP contribution in [-0.2, 0) is 9.47 Å². The molecule has 0 spiro atoms. The summed E-state index contributed by atoms with van der Waals surface area (Å²) in [5.74, 6) is 0. The number of hydrogen-bond acceptors (Lipinski definition) is 4. The summed E-state index contributed by atoms with van der Waals surface area (Å²) < 4.78 is 10.5. The number of rotatable bonds is 9. The number of ether oxygens (including phenoxy) is 2. The number of amides is 1. The second kappa shape index (κ2) is 9.19. The third-order valence-electron chi connectivity index (χ3n) is 3.29. The van der Waals surface area contributed by atoms with Crippen LogP contribution in [0.2, 0.25) is 0 Å². The van der Waals surface area contributed by atoms with Gasteiger partial charge in [0.05, 0.1) is 6.61 Å². The van der Waals surface area contributed by atoms with Crippen molar-refractivity contribution in [3.63, 3.8) is 0 Å². The Kier molecular flexibility index (Phi) is 8.81. The van der Waals surface area contributed by atoms with Gasteiger partial charge in [0.2, 0.25) is 0 Å². The van der Waals surface area contributed by atoms with Crippen LogP contribution >= 0.6 is 0 Å². The molecule has 0 aromatic heterocycles. The minimum absolute atomic E-state index is 0.0470. The Morgan fingerprint density at radius 2 is 1.90 bits per heavy atom. The molecule has 0 saturated heterocycles. The van der Waals surface area contributed by atoms with Crippen LogP contribution in [0.15, 0.2) is 0 Å². The lowest BCUT2D eigenvalue weighted by Crippen LogP contribution is -2.42. The minimum Gasteiger partial charge on any atom is -0.444 e. The fourth-order valence-corrected chi connectivity index (χ4v) is 1.90. The van der Waals surface area contributed by atoms with E-state index in [9.17, 15) is 9.90 Å². The van der Waals surface area contributed by atoms with Crippen molar-refractivity contribution in [3.8, 4) is 0 Å². The molecule has 0 aromatic rings. The summed E-state index contributed by atoms with van der Waals surface area (Å²) in [5, 5.41) is 12.4. The number of hydrogen-bond donors (Lipinski definition) is 2. The SMILES string of the molecule is CCOCCCC(CC)(CO)CNC(=O)OC(C)(C)C. The first-order valence-corrected chi connectivity index (χ1v) is 7.44. The maximum Gasteiger partial charge on any atom is 0.407 e. The fraction of sp³-hybridized carbons (Fsp3) is 0.933. The van der Waals surface area contributed by atoms with Gasteiger partial charge in [0.15, 0.2) is 0 Å². The molecule has 0 aliphatic heterocycles. The van der Waals surface area contributed by atoms with Crippen LogP contribution in [0, 0.1) is 5.41 Å². The highest BCUT2D eigenvalue weighted by atomic mass is 16.6. The van der Waals surface area contributed by atoms with Gasteiger partial charge in [-0.15, -0.1) is 0 Å². The maximum absolute atomic E-state index is 11.7. The third-order valence-corrected chi connectivity index (χ3v) is 3.29. The van der Waals surface area contributed by atoms with E-state index in [1.807, 2.05) is 34.6 Å². The summed E-state index contributed by atoms with van der Waals surface area (Å²) in [6.07, 6.45) is 2.05. The lowest BCUT2D eigenvalue weighted by Gasteiger charge is -2.31. The van der Waals surface area contributed by atoms with E-state index in [4.69, 9.17) is 9.47 Å². The Morgan fingerprint density at radius 3 is 2.35 bits per heavy atom. The van der Waals surface area contributed by atoms with E-state index in [-0.39, 0.29) is 12.0 Å². The molecular formula is C15H31NO4. The molecule has 2 N–H and O–H groups in total. The van der Waals surface area contributed by atoms with Crippen molar-refractivity contribution in [3.05, 3.63) is 0 Å². The van der Waals surface area contributed by atoms with Gasteiger partial charge in [0.25, 0.3) is 0 Å². The molecular weight excluding hydrogens is 258 g/mol. The van der Waals surface area contributed by atoms with Crippen LogP contribution in [0.3, 0.4) is 0 Å². The molecule has 120 valence electrons. The van der Waals surface area contributed by atoms with Gasteiger partial charge < -0.3 is 19.9 Å². The molecule has 0 heterocycles. The molecule has 0 fully saturated rings. The van der Waals surface area contributed by atoms with E-state index < -0.39 is 11.7 Å². The number of aliphatic hydroxyl groups is 1. The largest absolute Gasteiger partial charge is 0.444 e. The van der Waals surface area contributed by atoms with Crippen LogP contribution in [-0.4, -0.2) is 43.2 Å². The Labute approximate surface area is 123 Å². The van der Waals surface area contributed by atoms with Crippen LogP contribution < -0.4 is 5.32 Å². The van der Waals surface area contributed by atoms with E-state index in [0.717, 1.165) is 19.3 Å². The fourth-order valence-electron chi connectivity index (χ4n) is 1.90. The van der Waals surface area contributed by atoms with Crippen molar-refractivity contribution in [2.45, 2.75) is 59.5 Å². The van der Waals surface area contributed by atoms with Crippen LogP contribution in [0.1, 0.15) is 53.9 Å². The standard InChI is InChI=1S/C15H31NO4/c1-6-15(12-17,9-8-10-19-7-2)11-16-13(18)20-14(3,4)5/h17H,6-12H2,1-5H3,(H,16,18). The maximum atomic E-state index is 11.7. The van der Waals surface area contributed by atoms with Gasteiger partial charge in [-0.2, -0.15) is 0 Å². The zero-order valence-electron chi connectivity index (χ0n) is 13.6. The molecule has 1 amide bonds. The van der Waals surface area contributed by atoms with Crippen molar-refractivity contribution in [2.75, 3.05) is 26.4 Å². The number of carbonyl (C=O) groups is 1. The third kappa shape index (κ3) is 8.38. The molecule has 5 heteroatoms. The summed E-state index contributed by atoms with van der Waals surface area (Å²) in [4.78, 5) is 11.7. The summed E-state index contributed by atoms with van der Waals surface area (Å²) in [7, 11) is 0. The van der Waals surface area contributed by atoms with Gasteiger partial charge in [0.1, 0.15) is 5.60 Å². The lowest BCUT2D eigenvalue weighted by molar-refractivity contribution is 0.0433. The predicted molar refractivity (Wildman–Crippen MR) is 79.8 cm³/mol. The average molecular weight is 289 g/mol. The quantitative estimate of drug-likeness (QED) is 0.640. The molecule has 0 aromatic carbocycles. The van der Waals surface area contributed by atoms with Crippen molar-refractivity contribution < 1.29 is 19.4 Å². The van der Waals surface area contributed by atoms with Gasteiger partial charge in [-0.05, 0) is 47.0 Å². The van der Waals surface area contributed by atoms with Crippen molar-refractivity contribution in [1.29, 1.82) is 0 Å². The zero-order valence-corrected chi connectivity index (χ0v) is 13.6. The molecule has 0 bridgehead atoms. The highest BCUT2D eigenvalue weighted by Crippen LogP contribution is 2.27. The van der Waals surface area contributed by atoms with Gasteiger partial charge in [-0.25, -0.2) is 4.79 Å². The molecule has 0 radical (unpaired) electrons. The minimum atomic E-state index is -0.507. The predicted octanol–water partition coefficient (Wildman–Crippen LogP) is 2.72. The topological polar surface area (TPSA) is 67.8 Å². The normalized spacial score (nSPS) is 14.7. The molecule has 5 nitrogen and oxygen atoms in total. The first-order chi connectivity index (χ1) is 9.28. The van der Waals surface area contributed by atoms with Gasteiger partial charge in [-0.1, -0.05) is 6.92 Å². The molecule has 20 heavy (non-hydrogen) atoms. The Bertz CT molecular complexity index is 270. The highest BCUT2D eigenvalue weighted by Gasteiger charge is 2.28. The zero-order chi connectivity index (χ0) is 15.6. The van der Waals surface area contributed by atoms with E-state index >= 15 is 0 Å². The monoisotopic (exact) mass is 289 g/mol. The van der Waals surface area contributed by atoms with Gasteiger partial charge in [0, 0.05) is 25.2 Å². The number of alkyl carbamates (subject to hydrolysis) is 1. The smallest absolute Gasteiger partial charge is 0.407 e. The number of nitrogens with one attached hydrogen (secondary N) is 1. The van der Waals surface area contributed by atoms with E-state index in [0.29, 0.717) is 19.8 Å². The van der Waals surface area contributed by atoms with Crippen LogP contribution in [0.5, 0.6) is 0 Å². The van der Waals surface area contributed by atoms with E-state index in [1.165, 1.54) is 0 Å².